The first-order valence-electron chi connectivity index (χ1n) is 5.56. The number of hydrogen-bond acceptors (Lipinski definition) is 7. The summed E-state index contributed by atoms with van der Waals surface area (Å²) in [5.74, 6) is 4.17. The van der Waals surface area contributed by atoms with Crippen LogP contribution in [0.25, 0.3) is 0 Å². The van der Waals surface area contributed by atoms with Gasteiger partial charge in [0, 0.05) is 18.2 Å². The fourth-order valence-electron chi connectivity index (χ4n) is 1.77. The van der Waals surface area contributed by atoms with Gasteiger partial charge >= 0.3 is 5.69 Å². The van der Waals surface area contributed by atoms with E-state index in [-0.39, 0.29) is 17.9 Å². The van der Waals surface area contributed by atoms with E-state index in [9.17, 15) is 20.0 Å². The Morgan fingerprint density at radius 2 is 2.25 bits per heavy atom. The van der Waals surface area contributed by atoms with Crippen LogP contribution >= 0.6 is 0 Å². The number of aromatic hydroxyl groups is 1. The molecule has 8 nitrogen and oxygen atoms in total. The number of benzene rings is 1. The van der Waals surface area contributed by atoms with Gasteiger partial charge in [-0.3, -0.25) is 26.2 Å². The highest BCUT2D eigenvalue weighted by Gasteiger charge is 2.22. The Morgan fingerprint density at radius 1 is 1.50 bits per heavy atom. The largest absolute Gasteiger partial charge is 0.502 e. The lowest BCUT2D eigenvalue weighted by molar-refractivity contribution is -0.385. The molecule has 1 heterocycles. The maximum absolute atomic E-state index is 12.2. The molecule has 1 aromatic heterocycles. The Balaban J connectivity index is 2.54. The van der Waals surface area contributed by atoms with Gasteiger partial charge in [0.05, 0.1) is 11.2 Å². The van der Waals surface area contributed by atoms with E-state index in [0.717, 1.165) is 12.1 Å². The molecule has 4 N–H and O–H groups in total. The second-order valence-electron chi connectivity index (χ2n) is 3.94. The van der Waals surface area contributed by atoms with Gasteiger partial charge in [-0.25, -0.2) is 0 Å². The fraction of sp³-hybridized carbons (Fsp3) is 0.0833. The van der Waals surface area contributed by atoms with Crippen molar-refractivity contribution in [2.24, 2.45) is 5.84 Å². The summed E-state index contributed by atoms with van der Waals surface area (Å²) >= 11 is 0. The Bertz CT molecular complexity index is 651. The SMILES string of the molecule is NNCc1cc([N+](=O)[O-])c(O)cc1C(=O)c1ccco1. The Labute approximate surface area is 112 Å². The average molecular weight is 277 g/mol. The minimum absolute atomic E-state index is 0.0307. The van der Waals surface area contributed by atoms with E-state index in [2.05, 4.69) is 5.43 Å². The molecule has 104 valence electrons. The second-order valence-corrected chi connectivity index (χ2v) is 3.94. The quantitative estimate of drug-likeness (QED) is 0.322. The lowest BCUT2D eigenvalue weighted by atomic mass is 10.0. The zero-order valence-electron chi connectivity index (χ0n) is 10.2. The van der Waals surface area contributed by atoms with Crippen molar-refractivity contribution in [3.8, 4) is 5.75 Å². The zero-order chi connectivity index (χ0) is 14.7. The number of phenolic OH excluding ortho intramolecular Hbond substituents is 1. The molecule has 0 aliphatic rings. The van der Waals surface area contributed by atoms with E-state index in [4.69, 9.17) is 10.3 Å². The number of carbonyl (C=O) groups is 1. The van der Waals surface area contributed by atoms with Crippen LogP contribution in [0.2, 0.25) is 0 Å². The average Bonchev–Trinajstić information content (AvgIpc) is 2.93. The molecule has 20 heavy (non-hydrogen) atoms. The first kappa shape index (κ1) is 13.7. The van der Waals surface area contributed by atoms with Gasteiger partial charge in [0.15, 0.2) is 11.5 Å². The van der Waals surface area contributed by atoms with E-state index in [1.165, 1.54) is 12.3 Å². The predicted octanol–water partition coefficient (Wildman–Crippen LogP) is 1.09. The van der Waals surface area contributed by atoms with Gasteiger partial charge in [-0.15, -0.1) is 0 Å². The second kappa shape index (κ2) is 5.51. The highest BCUT2D eigenvalue weighted by molar-refractivity contribution is 6.08. The van der Waals surface area contributed by atoms with Crippen molar-refractivity contribution < 1.29 is 19.2 Å². The van der Waals surface area contributed by atoms with Crippen LogP contribution in [0.1, 0.15) is 21.7 Å². The van der Waals surface area contributed by atoms with Gasteiger partial charge in [-0.05, 0) is 23.8 Å². The van der Waals surface area contributed by atoms with E-state index < -0.39 is 22.1 Å². The molecule has 0 unspecified atom stereocenters. The molecule has 0 aliphatic heterocycles. The molecule has 0 saturated carbocycles. The molecule has 0 radical (unpaired) electrons. The number of furan rings is 1. The van der Waals surface area contributed by atoms with Crippen molar-refractivity contribution in [2.45, 2.75) is 6.54 Å². The van der Waals surface area contributed by atoms with E-state index in [1.807, 2.05) is 0 Å². The van der Waals surface area contributed by atoms with Gasteiger partial charge in [0.1, 0.15) is 0 Å². The molecule has 8 heteroatoms. The monoisotopic (exact) mass is 277 g/mol. The number of rotatable bonds is 5. The Kier molecular flexibility index (Phi) is 3.78. The number of nitro groups is 1. The lowest BCUT2D eigenvalue weighted by Crippen LogP contribution is -2.22. The van der Waals surface area contributed by atoms with Crippen molar-refractivity contribution in [3.05, 3.63) is 57.5 Å². The number of hydrogen-bond donors (Lipinski definition) is 3. The maximum atomic E-state index is 12.2. The maximum Gasteiger partial charge on any atom is 0.311 e. The topological polar surface area (TPSA) is 132 Å². The van der Waals surface area contributed by atoms with Crippen molar-refractivity contribution in [2.75, 3.05) is 0 Å². The highest BCUT2D eigenvalue weighted by atomic mass is 16.6. The van der Waals surface area contributed by atoms with Gasteiger partial charge in [-0.2, -0.15) is 0 Å². The van der Waals surface area contributed by atoms with Gasteiger partial charge < -0.3 is 9.52 Å². The number of nitro benzene ring substituents is 1. The van der Waals surface area contributed by atoms with Crippen LogP contribution in [0.3, 0.4) is 0 Å². The van der Waals surface area contributed by atoms with Crippen molar-refractivity contribution >= 4 is 11.5 Å². The van der Waals surface area contributed by atoms with Crippen LogP contribution in [0.15, 0.2) is 34.9 Å². The zero-order valence-corrected chi connectivity index (χ0v) is 10.2. The molecular weight excluding hydrogens is 266 g/mol. The molecule has 0 atom stereocenters. The van der Waals surface area contributed by atoms with Gasteiger partial charge in [0.25, 0.3) is 0 Å². The first-order valence-corrected chi connectivity index (χ1v) is 5.56. The summed E-state index contributed by atoms with van der Waals surface area (Å²) in [7, 11) is 0. The van der Waals surface area contributed by atoms with E-state index >= 15 is 0 Å². The number of carbonyl (C=O) groups excluding carboxylic acids is 1. The van der Waals surface area contributed by atoms with E-state index in [0.29, 0.717) is 5.56 Å². The molecule has 0 fully saturated rings. The highest BCUT2D eigenvalue weighted by Crippen LogP contribution is 2.30. The number of nitrogens with zero attached hydrogens (tertiary/aromatic N) is 1. The lowest BCUT2D eigenvalue weighted by Gasteiger charge is -2.08. The van der Waals surface area contributed by atoms with Crippen LogP contribution < -0.4 is 11.3 Å². The molecule has 1 aromatic carbocycles. The number of phenols is 1. The summed E-state index contributed by atoms with van der Waals surface area (Å²) < 4.78 is 4.98. The third-order valence-electron chi connectivity index (χ3n) is 2.68. The molecule has 2 rings (SSSR count). The van der Waals surface area contributed by atoms with Crippen LogP contribution in [0, 0.1) is 10.1 Å². The molecule has 0 bridgehead atoms. The Hall–Kier alpha value is -2.71. The standard InChI is InChI=1S/C12H11N3O5/c13-14-6-7-4-9(15(18)19)10(16)5-8(7)12(17)11-2-1-3-20-11/h1-5,14,16H,6,13H2. The minimum Gasteiger partial charge on any atom is -0.502 e. The van der Waals surface area contributed by atoms with Crippen LogP contribution in [-0.4, -0.2) is 15.8 Å². The smallest absolute Gasteiger partial charge is 0.311 e. The number of nitrogens with two attached hydrogens (primary N) is 1. The predicted molar refractivity (Wildman–Crippen MR) is 67.9 cm³/mol. The third kappa shape index (κ3) is 2.51. The van der Waals surface area contributed by atoms with Gasteiger partial charge in [0.2, 0.25) is 5.78 Å². The molecule has 2 aromatic rings. The van der Waals surface area contributed by atoms with Gasteiger partial charge in [-0.1, -0.05) is 0 Å². The van der Waals surface area contributed by atoms with Crippen molar-refractivity contribution in [1.29, 1.82) is 0 Å². The fourth-order valence-corrected chi connectivity index (χ4v) is 1.77. The van der Waals surface area contributed by atoms with Crippen LogP contribution in [-0.2, 0) is 6.54 Å². The number of nitrogens with one attached hydrogen (secondary N) is 1. The third-order valence-corrected chi connectivity index (χ3v) is 2.68. The van der Waals surface area contributed by atoms with Crippen LogP contribution in [0.4, 0.5) is 5.69 Å². The molecule has 0 spiro atoms. The summed E-state index contributed by atoms with van der Waals surface area (Å²) in [6.07, 6.45) is 1.33. The van der Waals surface area contributed by atoms with E-state index in [1.54, 1.807) is 6.07 Å². The molecule has 0 saturated heterocycles. The Morgan fingerprint density at radius 3 is 2.80 bits per heavy atom. The molecular formula is C12H11N3O5. The normalized spacial score (nSPS) is 10.4. The van der Waals surface area contributed by atoms with Crippen molar-refractivity contribution in [1.82, 2.24) is 5.43 Å². The number of hydrazine groups is 1. The van der Waals surface area contributed by atoms with Crippen LogP contribution in [0.5, 0.6) is 5.75 Å². The summed E-state index contributed by atoms with van der Waals surface area (Å²) in [5.41, 5.74) is 2.20. The summed E-state index contributed by atoms with van der Waals surface area (Å²) in [6.45, 7) is 0.0307. The molecule has 0 aliphatic carbocycles. The minimum atomic E-state index is -0.740. The summed E-state index contributed by atoms with van der Waals surface area (Å²) in [5, 5.41) is 20.4. The van der Waals surface area contributed by atoms with Crippen molar-refractivity contribution in [3.63, 3.8) is 0 Å². The first-order chi connectivity index (χ1) is 9.54. The summed E-state index contributed by atoms with van der Waals surface area (Å²) in [4.78, 5) is 22.2. The summed E-state index contributed by atoms with van der Waals surface area (Å²) in [6, 6.07) is 5.14. The molecule has 0 amide bonds. The number of ketones is 1.